The number of hydrogen-bond acceptors (Lipinski definition) is 6. The first kappa shape index (κ1) is 23.4. The van der Waals surface area contributed by atoms with Crippen molar-refractivity contribution in [3.05, 3.63) is 87.6 Å². The minimum absolute atomic E-state index is 0.0190. The molecule has 176 valence electrons. The number of esters is 1. The lowest BCUT2D eigenvalue weighted by molar-refractivity contribution is -0.147. The summed E-state index contributed by atoms with van der Waals surface area (Å²) in [5.41, 5.74) is -1.19. The van der Waals surface area contributed by atoms with E-state index in [2.05, 4.69) is 5.32 Å². The third-order valence-electron chi connectivity index (χ3n) is 6.07. The Balaban J connectivity index is 1.56. The maximum Gasteiger partial charge on any atom is 0.332 e. The summed E-state index contributed by atoms with van der Waals surface area (Å²) in [5, 5.41) is 2.27. The van der Waals surface area contributed by atoms with Crippen molar-refractivity contribution in [2.24, 2.45) is 14.1 Å². The van der Waals surface area contributed by atoms with E-state index in [-0.39, 0.29) is 5.82 Å². The molecule has 9 nitrogen and oxygen atoms in total. The summed E-state index contributed by atoms with van der Waals surface area (Å²) in [5.74, 6) is -1.45. The predicted molar refractivity (Wildman–Crippen MR) is 128 cm³/mol. The summed E-state index contributed by atoms with van der Waals surface area (Å²) >= 11 is 0. The van der Waals surface area contributed by atoms with Crippen LogP contribution in [0.2, 0.25) is 0 Å². The van der Waals surface area contributed by atoms with Crippen LogP contribution in [-0.4, -0.2) is 32.8 Å². The first-order valence-corrected chi connectivity index (χ1v) is 12.4. The molecule has 1 N–H and O–H groups in total. The summed E-state index contributed by atoms with van der Waals surface area (Å²) < 4.78 is 21.9. The summed E-state index contributed by atoms with van der Waals surface area (Å²) in [7, 11) is -0.695. The number of rotatable bonds is 7. The molecule has 0 unspecified atom stereocenters. The fraction of sp³-hybridized carbons (Fsp3) is 0.250. The van der Waals surface area contributed by atoms with Crippen LogP contribution >= 0.6 is 7.14 Å². The molecule has 1 aromatic heterocycles. The van der Waals surface area contributed by atoms with Gasteiger partial charge in [0.15, 0.2) is 13.7 Å². The lowest BCUT2D eigenvalue weighted by atomic mass is 10.4. The lowest BCUT2D eigenvalue weighted by Crippen LogP contribution is -2.39. The number of aromatic nitrogens is 2. The molecule has 1 aliphatic carbocycles. The van der Waals surface area contributed by atoms with Crippen LogP contribution in [-0.2, 0) is 33.0 Å². The first-order valence-electron chi connectivity index (χ1n) is 10.7. The van der Waals surface area contributed by atoms with Gasteiger partial charge in [-0.15, -0.1) is 0 Å². The summed E-state index contributed by atoms with van der Waals surface area (Å²) in [4.78, 5) is 49.5. The van der Waals surface area contributed by atoms with Crippen LogP contribution in [0.1, 0.15) is 12.8 Å². The largest absolute Gasteiger partial charge is 0.455 e. The van der Waals surface area contributed by atoms with E-state index in [1.807, 2.05) is 12.1 Å². The van der Waals surface area contributed by atoms with E-state index in [4.69, 9.17) is 4.74 Å². The third-order valence-corrected chi connectivity index (χ3v) is 9.96. The van der Waals surface area contributed by atoms with Crippen LogP contribution in [0.4, 0.5) is 5.82 Å². The molecule has 0 saturated heterocycles. The van der Waals surface area contributed by atoms with Crippen LogP contribution in [0.15, 0.2) is 76.3 Å². The Morgan fingerprint density at radius 2 is 1.47 bits per heavy atom. The highest BCUT2D eigenvalue weighted by molar-refractivity contribution is 7.81. The smallest absolute Gasteiger partial charge is 0.332 e. The Morgan fingerprint density at radius 1 is 0.941 bits per heavy atom. The van der Waals surface area contributed by atoms with E-state index in [9.17, 15) is 23.7 Å². The van der Waals surface area contributed by atoms with E-state index in [1.54, 1.807) is 48.5 Å². The molecule has 2 aromatic carbocycles. The van der Waals surface area contributed by atoms with E-state index >= 15 is 0 Å². The van der Waals surface area contributed by atoms with E-state index in [1.165, 1.54) is 14.1 Å². The number of carbonyl (C=O) groups is 2. The van der Waals surface area contributed by atoms with Crippen LogP contribution in [0, 0.1) is 0 Å². The average molecular weight is 481 g/mol. The van der Waals surface area contributed by atoms with Gasteiger partial charge < -0.3 is 14.6 Å². The van der Waals surface area contributed by atoms with Crippen molar-refractivity contribution in [1.82, 2.24) is 9.13 Å². The quantitative estimate of drug-likeness (QED) is 0.399. The van der Waals surface area contributed by atoms with Crippen molar-refractivity contribution in [1.29, 1.82) is 0 Å². The minimum Gasteiger partial charge on any atom is -0.455 e. The minimum atomic E-state index is -3.42. The highest BCUT2D eigenvalue weighted by Crippen LogP contribution is 2.68. The van der Waals surface area contributed by atoms with Gasteiger partial charge >= 0.3 is 11.7 Å². The molecular formula is C24H24N3O6P. The molecule has 0 spiro atoms. The molecule has 3 aromatic rings. The van der Waals surface area contributed by atoms with Gasteiger partial charge in [0.2, 0.25) is 0 Å². The molecule has 34 heavy (non-hydrogen) atoms. The number of hydrogen-bond donors (Lipinski definition) is 1. The molecule has 1 saturated carbocycles. The molecule has 0 bridgehead atoms. The van der Waals surface area contributed by atoms with E-state index < -0.39 is 42.0 Å². The maximum atomic E-state index is 14.6. The average Bonchev–Trinajstić information content (AvgIpc) is 3.67. The van der Waals surface area contributed by atoms with Crippen molar-refractivity contribution in [2.45, 2.75) is 18.0 Å². The second-order valence-corrected chi connectivity index (χ2v) is 11.3. The van der Waals surface area contributed by atoms with Crippen molar-refractivity contribution >= 4 is 35.4 Å². The first-order chi connectivity index (χ1) is 16.2. The van der Waals surface area contributed by atoms with Crippen molar-refractivity contribution in [2.75, 3.05) is 11.9 Å². The molecular weight excluding hydrogens is 457 g/mol. The van der Waals surface area contributed by atoms with Crippen molar-refractivity contribution in [3.63, 3.8) is 0 Å². The number of anilines is 1. The zero-order valence-electron chi connectivity index (χ0n) is 18.8. The molecule has 1 aliphatic rings. The van der Waals surface area contributed by atoms with Gasteiger partial charge in [-0.05, 0) is 12.8 Å². The molecule has 0 atom stereocenters. The Morgan fingerprint density at radius 3 is 1.97 bits per heavy atom. The highest BCUT2D eigenvalue weighted by atomic mass is 31.2. The summed E-state index contributed by atoms with van der Waals surface area (Å²) in [6, 6.07) is 18.8. The molecule has 4 rings (SSSR count). The van der Waals surface area contributed by atoms with Gasteiger partial charge in [-0.25, -0.2) is 4.79 Å². The second-order valence-electron chi connectivity index (χ2n) is 8.20. The zero-order chi connectivity index (χ0) is 24.5. The molecule has 1 fully saturated rings. The SMILES string of the molecule is Cn1c(NC(=O)COC(=O)C2(P(=O)(c3ccccc3)c3ccccc3)CC2)cc(=O)n(C)c1=O. The predicted octanol–water partition coefficient (Wildman–Crippen LogP) is 1.11. The monoisotopic (exact) mass is 481 g/mol. The topological polar surface area (TPSA) is 116 Å². The van der Waals surface area contributed by atoms with Gasteiger partial charge in [-0.3, -0.25) is 23.5 Å². The number of ether oxygens (including phenoxy) is 1. The Labute approximate surface area is 195 Å². The number of nitrogens with zero attached hydrogens (tertiary/aromatic N) is 2. The van der Waals surface area contributed by atoms with Gasteiger partial charge in [0.25, 0.3) is 11.5 Å². The van der Waals surface area contributed by atoms with Gasteiger partial charge in [0.05, 0.1) is 0 Å². The van der Waals surface area contributed by atoms with Crippen molar-refractivity contribution < 1.29 is 18.9 Å². The highest BCUT2D eigenvalue weighted by Gasteiger charge is 2.65. The van der Waals surface area contributed by atoms with Gasteiger partial charge in [0, 0.05) is 30.8 Å². The van der Waals surface area contributed by atoms with Gasteiger partial charge in [0.1, 0.15) is 11.0 Å². The Kier molecular flexibility index (Phi) is 6.15. The number of amides is 1. The fourth-order valence-corrected chi connectivity index (χ4v) is 7.52. The van der Waals surface area contributed by atoms with Crippen LogP contribution in [0.5, 0.6) is 0 Å². The number of carbonyl (C=O) groups excluding carboxylic acids is 2. The summed E-state index contributed by atoms with van der Waals surface area (Å²) in [6.07, 6.45) is 0.746. The third kappa shape index (κ3) is 3.92. The second kappa shape index (κ2) is 8.91. The van der Waals surface area contributed by atoms with Crippen LogP contribution in [0.3, 0.4) is 0 Å². The lowest BCUT2D eigenvalue weighted by Gasteiger charge is -2.27. The van der Waals surface area contributed by atoms with E-state index in [0.717, 1.165) is 15.2 Å². The maximum absolute atomic E-state index is 14.6. The summed E-state index contributed by atoms with van der Waals surface area (Å²) in [6.45, 7) is -0.645. The van der Waals surface area contributed by atoms with Crippen LogP contribution in [0.25, 0.3) is 0 Å². The fourth-order valence-electron chi connectivity index (χ4n) is 3.98. The van der Waals surface area contributed by atoms with Crippen LogP contribution < -0.4 is 27.2 Å². The molecule has 1 amide bonds. The van der Waals surface area contributed by atoms with Crippen molar-refractivity contribution in [3.8, 4) is 0 Å². The zero-order valence-corrected chi connectivity index (χ0v) is 19.7. The number of nitrogens with one attached hydrogen (secondary N) is 1. The molecule has 10 heteroatoms. The van der Waals surface area contributed by atoms with E-state index in [0.29, 0.717) is 23.5 Å². The molecule has 1 heterocycles. The molecule has 0 radical (unpaired) electrons. The standard InChI is InChI=1S/C24H24N3O6P/c1-26-19(15-21(29)27(2)23(26)31)25-20(28)16-33-22(30)24(13-14-24)34(32,17-9-5-3-6-10-17)18-11-7-4-8-12-18/h3-12,15H,13-14,16H2,1-2H3,(H,25,28). The molecule has 0 aliphatic heterocycles. The Bertz CT molecular complexity index is 1360. The van der Waals surface area contributed by atoms with Gasteiger partial charge in [-0.1, -0.05) is 60.7 Å². The Hall–Kier alpha value is -3.71. The normalized spacial score (nSPS) is 14.3. The van der Waals surface area contributed by atoms with Gasteiger partial charge in [-0.2, -0.15) is 0 Å². The number of benzene rings is 2.